The third-order valence-corrected chi connectivity index (χ3v) is 4.90. The summed E-state index contributed by atoms with van der Waals surface area (Å²) in [5.74, 6) is 0.110. The van der Waals surface area contributed by atoms with Crippen LogP contribution in [-0.4, -0.2) is 79.9 Å². The van der Waals surface area contributed by atoms with Crippen LogP contribution in [0.2, 0.25) is 0 Å². The number of amides is 1. The van der Waals surface area contributed by atoms with E-state index in [1.165, 1.54) is 0 Å². The lowest BCUT2D eigenvalue weighted by atomic mass is 9.89. The number of carbonyl (C=O) groups excluding carboxylic acids is 1. The van der Waals surface area contributed by atoms with Crippen LogP contribution in [-0.2, 0) is 14.3 Å². The second-order valence-electron chi connectivity index (χ2n) is 6.31. The molecule has 2 saturated heterocycles. The number of carbonyl (C=O) groups is 1. The highest BCUT2D eigenvalue weighted by molar-refractivity contribution is 5.86. The number of nitrogens with two attached hydrogens (primary N) is 1. The fraction of sp³-hybridized carbons (Fsp3) is 0.938. The molecule has 1 unspecified atom stereocenters. The number of ether oxygens (including phenoxy) is 2. The van der Waals surface area contributed by atoms with E-state index in [-0.39, 0.29) is 30.7 Å². The van der Waals surface area contributed by atoms with Crippen molar-refractivity contribution in [1.82, 2.24) is 9.80 Å². The van der Waals surface area contributed by atoms with E-state index in [2.05, 4.69) is 11.8 Å². The molecule has 2 aliphatic heterocycles. The molecule has 8 heteroatoms. The molecular formula is C16H33Cl2N3O3. The number of nitrogens with zero attached hydrogens (tertiary/aromatic N) is 2. The van der Waals surface area contributed by atoms with Crippen LogP contribution < -0.4 is 5.73 Å². The lowest BCUT2D eigenvalue weighted by Gasteiger charge is -2.44. The van der Waals surface area contributed by atoms with Gasteiger partial charge in [0.15, 0.2) is 0 Å². The Bertz CT molecular complexity index is 368. The van der Waals surface area contributed by atoms with Crippen LogP contribution in [0.3, 0.4) is 0 Å². The summed E-state index contributed by atoms with van der Waals surface area (Å²) in [7, 11) is 0. The molecule has 2 rings (SSSR count). The fourth-order valence-corrected chi connectivity index (χ4v) is 3.35. The SMILES string of the molecule is CCOCCN1CCN(C(=O)C2(N)CCOCC2)CC1CC.Cl.Cl. The number of hydrogen-bond donors (Lipinski definition) is 1. The summed E-state index contributed by atoms with van der Waals surface area (Å²) in [6, 6.07) is 0.404. The van der Waals surface area contributed by atoms with Crippen LogP contribution in [0.4, 0.5) is 0 Å². The highest BCUT2D eigenvalue weighted by Gasteiger charge is 2.41. The summed E-state index contributed by atoms with van der Waals surface area (Å²) < 4.78 is 10.8. The van der Waals surface area contributed by atoms with E-state index >= 15 is 0 Å². The molecule has 24 heavy (non-hydrogen) atoms. The van der Waals surface area contributed by atoms with Gasteiger partial charge in [0.25, 0.3) is 0 Å². The van der Waals surface area contributed by atoms with E-state index in [1.807, 2.05) is 11.8 Å². The summed E-state index contributed by atoms with van der Waals surface area (Å²) in [5.41, 5.74) is 5.63. The fourth-order valence-electron chi connectivity index (χ4n) is 3.35. The molecule has 0 spiro atoms. The Hall–Kier alpha value is -0.110. The molecule has 0 aromatic rings. The molecule has 1 atom stereocenters. The van der Waals surface area contributed by atoms with Crippen molar-refractivity contribution in [1.29, 1.82) is 0 Å². The molecule has 1 amide bonds. The van der Waals surface area contributed by atoms with Crippen molar-refractivity contribution in [2.24, 2.45) is 5.73 Å². The third kappa shape index (κ3) is 6.00. The maximum atomic E-state index is 12.8. The van der Waals surface area contributed by atoms with Gasteiger partial charge in [-0.15, -0.1) is 24.8 Å². The Labute approximate surface area is 158 Å². The monoisotopic (exact) mass is 385 g/mol. The highest BCUT2D eigenvalue weighted by atomic mass is 35.5. The molecular weight excluding hydrogens is 353 g/mol. The third-order valence-electron chi connectivity index (χ3n) is 4.90. The lowest BCUT2D eigenvalue weighted by molar-refractivity contribution is -0.143. The Kier molecular flexibility index (Phi) is 11.4. The minimum absolute atomic E-state index is 0. The van der Waals surface area contributed by atoms with Gasteiger partial charge in [-0.05, 0) is 26.2 Å². The highest BCUT2D eigenvalue weighted by Crippen LogP contribution is 2.23. The Morgan fingerprint density at radius 1 is 1.25 bits per heavy atom. The van der Waals surface area contributed by atoms with Gasteiger partial charge >= 0.3 is 0 Å². The zero-order valence-electron chi connectivity index (χ0n) is 14.9. The van der Waals surface area contributed by atoms with Crippen LogP contribution in [0, 0.1) is 0 Å². The normalized spacial score (nSPS) is 24.0. The minimum Gasteiger partial charge on any atom is -0.381 e. The predicted molar refractivity (Wildman–Crippen MR) is 100 cm³/mol. The molecule has 0 aromatic heterocycles. The van der Waals surface area contributed by atoms with Gasteiger partial charge in [0.05, 0.1) is 12.1 Å². The number of rotatable bonds is 6. The van der Waals surface area contributed by atoms with E-state index in [9.17, 15) is 4.79 Å². The summed E-state index contributed by atoms with van der Waals surface area (Å²) in [6.45, 7) is 10.3. The van der Waals surface area contributed by atoms with Crippen LogP contribution >= 0.6 is 24.8 Å². The number of hydrogen-bond acceptors (Lipinski definition) is 5. The van der Waals surface area contributed by atoms with Crippen LogP contribution in [0.1, 0.15) is 33.1 Å². The van der Waals surface area contributed by atoms with Crippen molar-refractivity contribution in [3.05, 3.63) is 0 Å². The van der Waals surface area contributed by atoms with Crippen LogP contribution in [0.15, 0.2) is 0 Å². The van der Waals surface area contributed by atoms with Crippen molar-refractivity contribution in [2.75, 3.05) is 52.6 Å². The van der Waals surface area contributed by atoms with Gasteiger partial charge in [-0.3, -0.25) is 9.69 Å². The Balaban J connectivity index is 0.00000264. The Morgan fingerprint density at radius 2 is 1.92 bits per heavy atom. The van der Waals surface area contributed by atoms with Gasteiger partial charge in [-0.1, -0.05) is 6.92 Å². The summed E-state index contributed by atoms with van der Waals surface area (Å²) in [6.07, 6.45) is 2.30. The summed E-state index contributed by atoms with van der Waals surface area (Å²) >= 11 is 0. The van der Waals surface area contributed by atoms with Crippen molar-refractivity contribution in [2.45, 2.75) is 44.7 Å². The van der Waals surface area contributed by atoms with E-state index in [0.717, 1.165) is 45.8 Å². The minimum atomic E-state index is -0.718. The first-order chi connectivity index (χ1) is 10.6. The maximum absolute atomic E-state index is 12.8. The lowest BCUT2D eigenvalue weighted by Crippen LogP contribution is -2.63. The second kappa shape index (κ2) is 11.5. The van der Waals surface area contributed by atoms with Crippen molar-refractivity contribution >= 4 is 30.7 Å². The van der Waals surface area contributed by atoms with E-state index in [1.54, 1.807) is 0 Å². The quantitative estimate of drug-likeness (QED) is 0.697. The van der Waals surface area contributed by atoms with Crippen LogP contribution in [0.5, 0.6) is 0 Å². The van der Waals surface area contributed by atoms with Crippen molar-refractivity contribution < 1.29 is 14.3 Å². The zero-order valence-corrected chi connectivity index (χ0v) is 16.5. The van der Waals surface area contributed by atoms with Gasteiger partial charge < -0.3 is 20.1 Å². The van der Waals surface area contributed by atoms with Crippen molar-refractivity contribution in [3.8, 4) is 0 Å². The molecule has 0 radical (unpaired) electrons. The smallest absolute Gasteiger partial charge is 0.242 e. The molecule has 144 valence electrons. The first kappa shape index (κ1) is 23.9. The van der Waals surface area contributed by atoms with E-state index in [0.29, 0.717) is 32.1 Å². The van der Waals surface area contributed by atoms with Gasteiger partial charge in [0.2, 0.25) is 5.91 Å². The van der Waals surface area contributed by atoms with E-state index < -0.39 is 5.54 Å². The maximum Gasteiger partial charge on any atom is 0.242 e. The standard InChI is InChI=1S/C16H31N3O3.2ClH/c1-3-14-13-19(8-7-18(14)9-12-21-4-2)15(20)16(17)5-10-22-11-6-16;;/h14H,3-13,17H2,1-2H3;2*1H. The summed E-state index contributed by atoms with van der Waals surface area (Å²) in [4.78, 5) is 17.2. The Morgan fingerprint density at radius 3 is 2.50 bits per heavy atom. The first-order valence-corrected chi connectivity index (χ1v) is 8.58. The van der Waals surface area contributed by atoms with Crippen molar-refractivity contribution in [3.63, 3.8) is 0 Å². The van der Waals surface area contributed by atoms with E-state index in [4.69, 9.17) is 15.2 Å². The molecule has 6 nitrogen and oxygen atoms in total. The molecule has 0 saturated carbocycles. The molecule has 0 bridgehead atoms. The van der Waals surface area contributed by atoms with Gasteiger partial charge in [0.1, 0.15) is 0 Å². The van der Waals surface area contributed by atoms with Gasteiger partial charge in [-0.25, -0.2) is 0 Å². The number of piperazine rings is 1. The average Bonchev–Trinajstić information content (AvgIpc) is 2.55. The molecule has 2 heterocycles. The summed E-state index contributed by atoms with van der Waals surface area (Å²) in [5, 5.41) is 0. The average molecular weight is 386 g/mol. The number of halogens is 2. The molecule has 2 fully saturated rings. The largest absolute Gasteiger partial charge is 0.381 e. The molecule has 2 N–H and O–H groups in total. The van der Waals surface area contributed by atoms with Gasteiger partial charge in [0, 0.05) is 52.0 Å². The predicted octanol–water partition coefficient (Wildman–Crippen LogP) is 1.30. The first-order valence-electron chi connectivity index (χ1n) is 8.58. The van der Waals surface area contributed by atoms with Gasteiger partial charge in [-0.2, -0.15) is 0 Å². The molecule has 2 aliphatic rings. The topological polar surface area (TPSA) is 68.0 Å². The second-order valence-corrected chi connectivity index (χ2v) is 6.31. The molecule has 0 aliphatic carbocycles. The van der Waals surface area contributed by atoms with Crippen LogP contribution in [0.25, 0.3) is 0 Å². The molecule has 0 aromatic carbocycles. The zero-order chi connectivity index (χ0) is 16.0.